The highest BCUT2D eigenvalue weighted by Crippen LogP contribution is 2.50. The zero-order valence-corrected chi connectivity index (χ0v) is 34.3. The van der Waals surface area contributed by atoms with Gasteiger partial charge in [-0.1, -0.05) is 126 Å². The van der Waals surface area contributed by atoms with Gasteiger partial charge in [0.1, 0.15) is 0 Å². The first-order valence-electron chi connectivity index (χ1n) is 19.8. The lowest BCUT2D eigenvalue weighted by molar-refractivity contribution is 0.624. The third-order valence-corrected chi connectivity index (χ3v) is 12.1. The molecule has 0 aromatic heterocycles. The van der Waals surface area contributed by atoms with Gasteiger partial charge in [-0.25, -0.2) is 0 Å². The van der Waals surface area contributed by atoms with Crippen molar-refractivity contribution in [2.24, 2.45) is 0 Å². The maximum Gasteiger partial charge on any atom is 0.218 e. The zero-order chi connectivity index (χ0) is 38.0. The smallest absolute Gasteiger partial charge is 0.218 e. The molecule has 54 heavy (non-hydrogen) atoms. The molecule has 3 nitrogen and oxygen atoms in total. The Morgan fingerprint density at radius 3 is 1.37 bits per heavy atom. The fourth-order valence-electron chi connectivity index (χ4n) is 8.65. The molecule has 1 saturated carbocycles. The quantitative estimate of drug-likeness (QED) is 0.149. The van der Waals surface area contributed by atoms with Gasteiger partial charge < -0.3 is 9.80 Å². The van der Waals surface area contributed by atoms with Crippen LogP contribution < -0.4 is 14.4 Å². The molecular weight excluding hydrogens is 701 g/mol. The standard InChI is InChI=1S/C49H54Cl2N3/c1-7-9-31-52-43-27-25-37(50)33-41(43)48(3,4)45(52)29-23-35-21-22-36(47(35)54(39-17-13-11-14-18-39)40-19-15-12-16-20-40)24-30-46-49(5,6)42-34-38(51)26-28-44(42)53(46)32-10-8-2/h11-20,23-30,33-34H,7-10,21-22,31-32H2,1-6H3/q+1. The summed E-state index contributed by atoms with van der Waals surface area (Å²) >= 11 is 13.2. The van der Waals surface area contributed by atoms with Crippen LogP contribution in [0.25, 0.3) is 0 Å². The summed E-state index contributed by atoms with van der Waals surface area (Å²) in [4.78, 5) is 5.07. The van der Waals surface area contributed by atoms with E-state index in [4.69, 9.17) is 23.2 Å². The minimum absolute atomic E-state index is 0.181. The van der Waals surface area contributed by atoms with Crippen molar-refractivity contribution in [1.29, 1.82) is 0 Å². The van der Waals surface area contributed by atoms with Crippen molar-refractivity contribution in [2.45, 2.75) is 90.9 Å². The van der Waals surface area contributed by atoms with Gasteiger partial charge in [-0.2, -0.15) is 4.58 Å². The number of rotatable bonds is 10. The summed E-state index contributed by atoms with van der Waals surface area (Å²) in [6.45, 7) is 15.9. The second kappa shape index (κ2) is 15.8. The summed E-state index contributed by atoms with van der Waals surface area (Å²) < 4.78 is 2.47. The summed E-state index contributed by atoms with van der Waals surface area (Å²) in [7, 11) is 0. The summed E-state index contributed by atoms with van der Waals surface area (Å²) in [6, 6.07) is 34.5. The maximum atomic E-state index is 6.60. The van der Waals surface area contributed by atoms with E-state index in [0.29, 0.717) is 0 Å². The average molecular weight is 756 g/mol. The Kier molecular flexibility index (Phi) is 11.1. The van der Waals surface area contributed by atoms with Gasteiger partial charge in [-0.3, -0.25) is 0 Å². The number of para-hydroxylation sites is 2. The Hall–Kier alpha value is -4.31. The number of halogens is 2. The Labute approximate surface area is 333 Å². The van der Waals surface area contributed by atoms with Crippen molar-refractivity contribution in [3.63, 3.8) is 0 Å². The lowest BCUT2D eigenvalue weighted by atomic mass is 9.83. The van der Waals surface area contributed by atoms with Gasteiger partial charge in [-0.15, -0.1) is 0 Å². The Bertz CT molecular complexity index is 2020. The number of hydrogen-bond acceptors (Lipinski definition) is 2. The van der Waals surface area contributed by atoms with Crippen LogP contribution in [0.1, 0.15) is 91.2 Å². The second-order valence-corrected chi connectivity index (χ2v) is 16.8. The lowest BCUT2D eigenvalue weighted by Gasteiger charge is -2.27. The van der Waals surface area contributed by atoms with Crippen molar-refractivity contribution in [2.75, 3.05) is 22.9 Å². The van der Waals surface area contributed by atoms with Crippen molar-refractivity contribution in [3.05, 3.63) is 165 Å². The third kappa shape index (κ3) is 7.14. The van der Waals surface area contributed by atoms with Crippen molar-refractivity contribution < 1.29 is 0 Å². The molecule has 1 fully saturated rings. The van der Waals surface area contributed by atoms with E-state index in [1.54, 1.807) is 0 Å². The first-order chi connectivity index (χ1) is 26.1. The molecule has 0 radical (unpaired) electrons. The predicted octanol–water partition coefficient (Wildman–Crippen LogP) is 13.9. The molecule has 2 heterocycles. The number of nitrogens with zero attached hydrogens (tertiary/aromatic N) is 3. The van der Waals surface area contributed by atoms with E-state index in [1.807, 2.05) is 12.1 Å². The van der Waals surface area contributed by atoms with E-state index in [-0.39, 0.29) is 10.8 Å². The highest BCUT2D eigenvalue weighted by atomic mass is 35.5. The molecule has 0 saturated heterocycles. The average Bonchev–Trinajstić information content (AvgIpc) is 3.73. The van der Waals surface area contributed by atoms with Crippen LogP contribution in [0.5, 0.6) is 0 Å². The monoisotopic (exact) mass is 754 g/mol. The molecule has 3 aliphatic rings. The van der Waals surface area contributed by atoms with E-state index in [9.17, 15) is 0 Å². The van der Waals surface area contributed by atoms with Gasteiger partial charge in [0.25, 0.3) is 0 Å². The second-order valence-electron chi connectivity index (χ2n) is 15.9. The Morgan fingerprint density at radius 1 is 0.574 bits per heavy atom. The SMILES string of the molecule is CCCCN1C(=CC=C2CC/C(=C\C=C3\N(CCCC)c4ccc(Cl)cc4C3(C)C)C2=[N+](c2ccccc2)c2ccccc2)C(C)(C)c2cc(Cl)ccc21. The summed E-state index contributed by atoms with van der Waals surface area (Å²) in [5, 5.41) is 1.58. The molecule has 0 N–H and O–H groups in total. The summed E-state index contributed by atoms with van der Waals surface area (Å²) in [6.07, 6.45) is 16.1. The fraction of sp³-hybridized carbons (Fsp3) is 0.327. The van der Waals surface area contributed by atoms with Crippen molar-refractivity contribution in [3.8, 4) is 0 Å². The molecule has 0 amide bonds. The van der Waals surface area contributed by atoms with E-state index in [1.165, 1.54) is 50.8 Å². The molecule has 0 spiro atoms. The number of unbranched alkanes of at least 4 members (excludes halogenated alkanes) is 2. The van der Waals surface area contributed by atoms with E-state index < -0.39 is 0 Å². The molecule has 1 aliphatic carbocycles. The first-order valence-corrected chi connectivity index (χ1v) is 20.6. The number of allylic oxidation sites excluding steroid dienone is 8. The first kappa shape index (κ1) is 38.0. The van der Waals surface area contributed by atoms with Gasteiger partial charge in [0, 0.05) is 92.1 Å². The van der Waals surface area contributed by atoms with Gasteiger partial charge >= 0.3 is 0 Å². The fourth-order valence-corrected chi connectivity index (χ4v) is 9.00. The molecule has 7 rings (SSSR count). The molecule has 4 aromatic carbocycles. The zero-order valence-electron chi connectivity index (χ0n) is 32.8. The van der Waals surface area contributed by atoms with Crippen molar-refractivity contribution >= 4 is 51.7 Å². The minimum Gasteiger partial charge on any atom is -0.344 e. The highest BCUT2D eigenvalue weighted by Gasteiger charge is 2.42. The molecule has 278 valence electrons. The molecule has 0 unspecified atom stereocenters. The summed E-state index contributed by atoms with van der Waals surface area (Å²) in [5.74, 6) is 0. The number of benzene rings is 4. The largest absolute Gasteiger partial charge is 0.344 e. The molecule has 4 aromatic rings. The normalized spacial score (nSPS) is 20.1. The third-order valence-electron chi connectivity index (χ3n) is 11.6. The van der Waals surface area contributed by atoms with Crippen LogP contribution in [-0.4, -0.2) is 18.8 Å². The molecular formula is C49H54Cl2N3+. The number of anilines is 2. The van der Waals surface area contributed by atoms with Crippen LogP contribution in [0.15, 0.2) is 144 Å². The molecule has 0 bridgehead atoms. The Balaban J connectivity index is 1.42. The van der Waals surface area contributed by atoms with Gasteiger partial charge in [-0.05, 0) is 85.4 Å². The van der Waals surface area contributed by atoms with Crippen LogP contribution >= 0.6 is 23.2 Å². The van der Waals surface area contributed by atoms with E-state index in [2.05, 4.69) is 165 Å². The van der Waals surface area contributed by atoms with Gasteiger partial charge in [0.2, 0.25) is 17.1 Å². The van der Waals surface area contributed by atoms with Crippen LogP contribution in [0.3, 0.4) is 0 Å². The van der Waals surface area contributed by atoms with Crippen molar-refractivity contribution in [1.82, 2.24) is 4.58 Å². The van der Waals surface area contributed by atoms with Crippen LogP contribution in [0.2, 0.25) is 10.0 Å². The van der Waals surface area contributed by atoms with Crippen LogP contribution in [0.4, 0.5) is 22.7 Å². The highest BCUT2D eigenvalue weighted by molar-refractivity contribution is 6.31. The van der Waals surface area contributed by atoms with Gasteiger partial charge in [0.05, 0.1) is 0 Å². The number of hydrogen-bond donors (Lipinski definition) is 0. The lowest BCUT2D eigenvalue weighted by Crippen LogP contribution is -2.27. The molecule has 0 atom stereocenters. The maximum absolute atomic E-state index is 6.60. The molecule has 5 heteroatoms. The van der Waals surface area contributed by atoms with E-state index >= 15 is 0 Å². The topological polar surface area (TPSA) is 9.49 Å². The summed E-state index contributed by atoms with van der Waals surface area (Å²) in [5.41, 5.74) is 13.6. The van der Waals surface area contributed by atoms with E-state index in [0.717, 1.165) is 73.0 Å². The Morgan fingerprint density at radius 2 is 0.981 bits per heavy atom. The van der Waals surface area contributed by atoms with Crippen LogP contribution in [0, 0.1) is 0 Å². The minimum atomic E-state index is -0.181. The molecule has 2 aliphatic heterocycles. The van der Waals surface area contributed by atoms with Crippen LogP contribution in [-0.2, 0) is 10.8 Å². The number of fused-ring (bicyclic) bond motifs is 2. The van der Waals surface area contributed by atoms with Gasteiger partial charge in [0.15, 0.2) is 0 Å². The predicted molar refractivity (Wildman–Crippen MR) is 234 cm³/mol.